The van der Waals surface area contributed by atoms with Crippen LogP contribution in [0.2, 0.25) is 19.6 Å². The van der Waals surface area contributed by atoms with Gasteiger partial charge in [-0.15, -0.1) is 0 Å². The van der Waals surface area contributed by atoms with Crippen LogP contribution in [0.5, 0.6) is 0 Å². The lowest BCUT2D eigenvalue weighted by atomic mass is 10.2. The van der Waals surface area contributed by atoms with E-state index in [0.717, 1.165) is 0 Å². The van der Waals surface area contributed by atoms with Crippen LogP contribution >= 0.6 is 0 Å². The summed E-state index contributed by atoms with van der Waals surface area (Å²) in [5, 5.41) is 0. The lowest BCUT2D eigenvalue weighted by molar-refractivity contribution is -0.125. The lowest BCUT2D eigenvalue weighted by Gasteiger charge is -2.27. The summed E-state index contributed by atoms with van der Waals surface area (Å²) in [6, 6.07) is -0.366. The Hall–Kier alpha value is -0.843. The lowest BCUT2D eigenvalue weighted by Crippen LogP contribution is -2.50. The standard InChI is InChI=1S/C9H18N2O2Si/c1-6-7-8(12)11(14(3,4)5)9(13)10(7)2/h7H,6H2,1-5H3. The van der Waals surface area contributed by atoms with E-state index in [2.05, 4.69) is 0 Å². The van der Waals surface area contributed by atoms with Crippen LogP contribution < -0.4 is 0 Å². The molecule has 80 valence electrons. The molecule has 0 bridgehead atoms. The van der Waals surface area contributed by atoms with Crippen molar-refractivity contribution in [1.82, 2.24) is 9.47 Å². The Kier molecular flexibility index (Phi) is 2.71. The molecule has 4 nitrogen and oxygen atoms in total. The van der Waals surface area contributed by atoms with Crippen LogP contribution in [0.15, 0.2) is 0 Å². The topological polar surface area (TPSA) is 40.6 Å². The summed E-state index contributed by atoms with van der Waals surface area (Å²) in [7, 11) is -0.155. The molecule has 1 fully saturated rings. The molecular weight excluding hydrogens is 196 g/mol. The van der Waals surface area contributed by atoms with Crippen molar-refractivity contribution in [2.45, 2.75) is 39.0 Å². The predicted octanol–water partition coefficient (Wildman–Crippen LogP) is 1.49. The monoisotopic (exact) mass is 214 g/mol. The Balaban J connectivity index is 3.02. The van der Waals surface area contributed by atoms with E-state index in [4.69, 9.17) is 0 Å². The molecule has 0 aromatic heterocycles. The van der Waals surface area contributed by atoms with Crippen LogP contribution in [0, 0.1) is 0 Å². The minimum absolute atomic E-state index is 0.0147. The summed E-state index contributed by atoms with van der Waals surface area (Å²) in [5.74, 6) is -0.0147. The van der Waals surface area contributed by atoms with E-state index in [1.807, 2.05) is 26.6 Å². The molecule has 1 heterocycles. The number of hydrogen-bond acceptors (Lipinski definition) is 2. The minimum atomic E-state index is -1.86. The predicted molar refractivity (Wildman–Crippen MR) is 57.4 cm³/mol. The molecule has 0 N–H and O–H groups in total. The number of imide groups is 1. The molecule has 14 heavy (non-hydrogen) atoms. The number of amides is 3. The molecule has 1 aliphatic heterocycles. The normalized spacial score (nSPS) is 23.6. The van der Waals surface area contributed by atoms with Gasteiger partial charge in [0.1, 0.15) is 6.04 Å². The van der Waals surface area contributed by atoms with Gasteiger partial charge < -0.3 is 4.90 Å². The first kappa shape index (κ1) is 11.2. The highest BCUT2D eigenvalue weighted by Crippen LogP contribution is 2.23. The third kappa shape index (κ3) is 1.56. The number of likely N-dealkylation sites (N-methyl/N-ethyl adjacent to an activating group) is 1. The first-order chi connectivity index (χ1) is 6.30. The SMILES string of the molecule is CCC1C(=O)N([Si](C)(C)C)C(=O)N1C. The third-order valence-electron chi connectivity index (χ3n) is 2.52. The molecule has 1 aliphatic rings. The van der Waals surface area contributed by atoms with Gasteiger partial charge in [0.25, 0.3) is 0 Å². The van der Waals surface area contributed by atoms with Gasteiger partial charge in [-0.1, -0.05) is 26.6 Å². The molecule has 0 aliphatic carbocycles. The zero-order valence-corrected chi connectivity index (χ0v) is 10.5. The summed E-state index contributed by atoms with van der Waals surface area (Å²) in [6.45, 7) is 7.96. The molecule has 0 aromatic rings. The second-order valence-corrected chi connectivity index (χ2v) is 9.45. The van der Waals surface area contributed by atoms with Gasteiger partial charge in [0, 0.05) is 7.05 Å². The Morgan fingerprint density at radius 1 is 1.29 bits per heavy atom. The minimum Gasteiger partial charge on any atom is -0.316 e. The van der Waals surface area contributed by atoms with E-state index in [0.29, 0.717) is 6.42 Å². The highest BCUT2D eigenvalue weighted by molar-refractivity contribution is 6.78. The van der Waals surface area contributed by atoms with Crippen LogP contribution in [0.25, 0.3) is 0 Å². The molecule has 3 amide bonds. The van der Waals surface area contributed by atoms with E-state index in [-0.39, 0.29) is 18.0 Å². The molecule has 1 saturated heterocycles. The summed E-state index contributed by atoms with van der Waals surface area (Å²) in [6.07, 6.45) is 0.696. The van der Waals surface area contributed by atoms with Crippen LogP contribution in [0.4, 0.5) is 4.79 Å². The fraction of sp³-hybridized carbons (Fsp3) is 0.778. The van der Waals surface area contributed by atoms with Gasteiger partial charge in [-0.25, -0.2) is 4.79 Å². The molecule has 1 rings (SSSR count). The molecule has 0 saturated carbocycles. The van der Waals surface area contributed by atoms with E-state index in [1.165, 1.54) is 4.57 Å². The van der Waals surface area contributed by atoms with Crippen molar-refractivity contribution in [3.8, 4) is 0 Å². The van der Waals surface area contributed by atoms with Crippen LogP contribution in [-0.2, 0) is 4.79 Å². The maximum atomic E-state index is 11.9. The van der Waals surface area contributed by atoms with Crippen molar-refractivity contribution in [2.24, 2.45) is 0 Å². The number of urea groups is 1. The largest absolute Gasteiger partial charge is 0.319 e. The van der Waals surface area contributed by atoms with Crippen molar-refractivity contribution >= 4 is 20.2 Å². The Morgan fingerprint density at radius 3 is 2.00 bits per heavy atom. The van der Waals surface area contributed by atoms with Gasteiger partial charge in [-0.3, -0.25) is 9.36 Å². The zero-order chi connectivity index (χ0) is 11.1. The van der Waals surface area contributed by atoms with Crippen molar-refractivity contribution in [3.05, 3.63) is 0 Å². The Labute approximate surface area is 86.0 Å². The number of carbonyl (C=O) groups is 2. The molecule has 5 heteroatoms. The maximum absolute atomic E-state index is 11.9. The molecule has 0 aromatic carbocycles. The number of carbonyl (C=O) groups excluding carboxylic acids is 2. The molecule has 0 radical (unpaired) electrons. The fourth-order valence-corrected chi connectivity index (χ4v) is 3.31. The van der Waals surface area contributed by atoms with Gasteiger partial charge in [-0.05, 0) is 6.42 Å². The first-order valence-electron chi connectivity index (χ1n) is 4.91. The summed E-state index contributed by atoms with van der Waals surface area (Å²) >= 11 is 0. The molecule has 1 unspecified atom stereocenters. The van der Waals surface area contributed by atoms with Crippen molar-refractivity contribution in [3.63, 3.8) is 0 Å². The fourth-order valence-electron chi connectivity index (χ4n) is 1.77. The van der Waals surface area contributed by atoms with E-state index in [1.54, 1.807) is 11.9 Å². The van der Waals surface area contributed by atoms with Gasteiger partial charge in [0.2, 0.25) is 5.91 Å². The Morgan fingerprint density at radius 2 is 1.79 bits per heavy atom. The van der Waals surface area contributed by atoms with Gasteiger partial charge in [-0.2, -0.15) is 0 Å². The Bertz CT molecular complexity index is 272. The molecular formula is C9H18N2O2Si. The van der Waals surface area contributed by atoms with Crippen molar-refractivity contribution in [1.29, 1.82) is 0 Å². The molecule has 1 atom stereocenters. The van der Waals surface area contributed by atoms with Crippen molar-refractivity contribution < 1.29 is 9.59 Å². The van der Waals surface area contributed by atoms with Crippen LogP contribution in [-0.4, -0.2) is 42.7 Å². The average molecular weight is 214 g/mol. The second kappa shape index (κ2) is 3.38. The maximum Gasteiger partial charge on any atom is 0.319 e. The van der Waals surface area contributed by atoms with Gasteiger partial charge in [0.05, 0.1) is 0 Å². The first-order valence-corrected chi connectivity index (χ1v) is 8.36. The van der Waals surface area contributed by atoms with Crippen LogP contribution in [0.1, 0.15) is 13.3 Å². The summed E-state index contributed by atoms with van der Waals surface area (Å²) in [5.41, 5.74) is 0. The highest BCUT2D eigenvalue weighted by Gasteiger charge is 2.47. The smallest absolute Gasteiger partial charge is 0.316 e. The van der Waals surface area contributed by atoms with E-state index >= 15 is 0 Å². The molecule has 0 spiro atoms. The quantitative estimate of drug-likeness (QED) is 0.516. The van der Waals surface area contributed by atoms with Crippen LogP contribution in [0.3, 0.4) is 0 Å². The average Bonchev–Trinajstić information content (AvgIpc) is 2.22. The van der Waals surface area contributed by atoms with Gasteiger partial charge in [0.15, 0.2) is 8.24 Å². The number of rotatable bonds is 2. The number of hydrogen-bond donors (Lipinski definition) is 0. The van der Waals surface area contributed by atoms with E-state index < -0.39 is 8.24 Å². The zero-order valence-electron chi connectivity index (χ0n) is 9.50. The van der Waals surface area contributed by atoms with Crippen molar-refractivity contribution in [2.75, 3.05) is 7.05 Å². The summed E-state index contributed by atoms with van der Waals surface area (Å²) in [4.78, 5) is 25.3. The third-order valence-corrected chi connectivity index (χ3v) is 4.28. The highest BCUT2D eigenvalue weighted by atomic mass is 28.3. The second-order valence-electron chi connectivity index (χ2n) is 4.66. The summed E-state index contributed by atoms with van der Waals surface area (Å²) < 4.78 is 1.49. The van der Waals surface area contributed by atoms with Gasteiger partial charge >= 0.3 is 6.03 Å². The number of nitrogens with zero attached hydrogens (tertiary/aromatic N) is 2. The van der Waals surface area contributed by atoms with E-state index in [9.17, 15) is 9.59 Å².